The van der Waals surface area contributed by atoms with Crippen LogP contribution in [0.2, 0.25) is 0 Å². The molecule has 4 rings (SSSR count). The number of nitrogens with one attached hydrogen (secondary N) is 1. The van der Waals surface area contributed by atoms with E-state index in [-0.39, 0.29) is 0 Å². The van der Waals surface area contributed by atoms with Crippen molar-refractivity contribution < 1.29 is 4.74 Å². The van der Waals surface area contributed by atoms with Gasteiger partial charge in [0.15, 0.2) is 0 Å². The Kier molecular flexibility index (Phi) is 4.07. The van der Waals surface area contributed by atoms with Crippen LogP contribution in [0.5, 0.6) is 5.75 Å². The predicted octanol–water partition coefficient (Wildman–Crippen LogP) is 5.42. The first-order valence-corrected chi connectivity index (χ1v) is 8.79. The molecule has 2 heterocycles. The summed E-state index contributed by atoms with van der Waals surface area (Å²) in [6.45, 7) is 1.92. The van der Waals surface area contributed by atoms with Gasteiger partial charge in [-0.25, -0.2) is 9.97 Å². The lowest BCUT2D eigenvalue weighted by molar-refractivity contribution is 0.415. The van der Waals surface area contributed by atoms with Gasteiger partial charge >= 0.3 is 0 Å². The SMILES string of the molecule is COc1ccc(Nc2nc(C)nc3sc(-c4ccccc4)cc23)cc1. The molecule has 0 atom stereocenters. The first-order valence-electron chi connectivity index (χ1n) is 7.97. The zero-order valence-corrected chi connectivity index (χ0v) is 14.8. The Morgan fingerprint density at radius 2 is 1.72 bits per heavy atom. The second kappa shape index (κ2) is 6.53. The van der Waals surface area contributed by atoms with Crippen LogP contribution in [-0.2, 0) is 0 Å². The summed E-state index contributed by atoms with van der Waals surface area (Å²) in [6.07, 6.45) is 0. The third-order valence-electron chi connectivity index (χ3n) is 3.92. The van der Waals surface area contributed by atoms with E-state index in [0.717, 1.165) is 33.3 Å². The molecule has 2 aromatic carbocycles. The lowest BCUT2D eigenvalue weighted by Crippen LogP contribution is -1.97. The number of nitrogens with zero attached hydrogens (tertiary/aromatic N) is 2. The van der Waals surface area contributed by atoms with Gasteiger partial charge in [-0.2, -0.15) is 0 Å². The molecular weight excluding hydrogens is 330 g/mol. The monoisotopic (exact) mass is 347 g/mol. The van der Waals surface area contributed by atoms with E-state index in [1.54, 1.807) is 18.4 Å². The van der Waals surface area contributed by atoms with Crippen molar-refractivity contribution in [3.63, 3.8) is 0 Å². The van der Waals surface area contributed by atoms with Crippen molar-refractivity contribution in [3.8, 4) is 16.2 Å². The van der Waals surface area contributed by atoms with Gasteiger partial charge in [-0.15, -0.1) is 11.3 Å². The minimum atomic E-state index is 0.755. The molecule has 5 heteroatoms. The molecule has 0 aliphatic carbocycles. The maximum atomic E-state index is 5.21. The van der Waals surface area contributed by atoms with Crippen LogP contribution in [0.25, 0.3) is 20.7 Å². The van der Waals surface area contributed by atoms with Crippen molar-refractivity contribution in [2.45, 2.75) is 6.92 Å². The fourth-order valence-corrected chi connectivity index (χ4v) is 3.76. The van der Waals surface area contributed by atoms with E-state index < -0.39 is 0 Å². The van der Waals surface area contributed by atoms with Gasteiger partial charge in [-0.05, 0) is 42.8 Å². The highest BCUT2D eigenvalue weighted by molar-refractivity contribution is 7.21. The van der Waals surface area contributed by atoms with Gasteiger partial charge in [-0.1, -0.05) is 30.3 Å². The maximum absolute atomic E-state index is 5.21. The van der Waals surface area contributed by atoms with Crippen LogP contribution in [0.1, 0.15) is 5.82 Å². The fourth-order valence-electron chi connectivity index (χ4n) is 2.68. The lowest BCUT2D eigenvalue weighted by Gasteiger charge is -2.08. The van der Waals surface area contributed by atoms with Crippen LogP contribution < -0.4 is 10.1 Å². The number of hydrogen-bond donors (Lipinski definition) is 1. The smallest absolute Gasteiger partial charge is 0.142 e. The Morgan fingerprint density at radius 3 is 2.44 bits per heavy atom. The van der Waals surface area contributed by atoms with E-state index in [1.807, 2.05) is 49.4 Å². The van der Waals surface area contributed by atoms with Crippen LogP contribution in [0.4, 0.5) is 11.5 Å². The van der Waals surface area contributed by atoms with Gasteiger partial charge in [0, 0.05) is 10.6 Å². The predicted molar refractivity (Wildman–Crippen MR) is 104 cm³/mol. The van der Waals surface area contributed by atoms with Crippen molar-refractivity contribution in [1.29, 1.82) is 0 Å². The molecule has 2 aromatic heterocycles. The zero-order chi connectivity index (χ0) is 17.2. The number of rotatable bonds is 4. The number of methoxy groups -OCH3 is 1. The number of fused-ring (bicyclic) bond motifs is 1. The molecule has 0 radical (unpaired) electrons. The van der Waals surface area contributed by atoms with Crippen molar-refractivity contribution in [2.75, 3.05) is 12.4 Å². The minimum Gasteiger partial charge on any atom is -0.497 e. The standard InChI is InChI=1S/C20H17N3OS/c1-13-21-19(23-15-8-10-16(24-2)11-9-15)17-12-18(25-20(17)22-13)14-6-4-3-5-7-14/h3-12H,1-2H3,(H,21,22,23). The third kappa shape index (κ3) is 3.19. The van der Waals surface area contributed by atoms with E-state index in [0.29, 0.717) is 0 Å². The van der Waals surface area contributed by atoms with Gasteiger partial charge < -0.3 is 10.1 Å². The topological polar surface area (TPSA) is 47.0 Å². The Hall–Kier alpha value is -2.92. The number of thiophene rings is 1. The first-order chi connectivity index (χ1) is 12.2. The van der Waals surface area contributed by atoms with E-state index in [9.17, 15) is 0 Å². The molecule has 0 amide bonds. The normalized spacial score (nSPS) is 10.8. The molecule has 0 spiro atoms. The van der Waals surface area contributed by atoms with Gasteiger partial charge in [0.05, 0.1) is 12.5 Å². The number of ether oxygens (including phenoxy) is 1. The van der Waals surface area contributed by atoms with E-state index in [2.05, 4.69) is 33.5 Å². The molecule has 124 valence electrons. The third-order valence-corrected chi connectivity index (χ3v) is 4.99. The molecule has 0 aliphatic rings. The summed E-state index contributed by atoms with van der Waals surface area (Å²) in [6, 6.07) is 20.3. The summed E-state index contributed by atoms with van der Waals surface area (Å²) in [5.41, 5.74) is 2.16. The second-order valence-corrected chi connectivity index (χ2v) is 6.70. The highest BCUT2D eigenvalue weighted by Crippen LogP contribution is 2.36. The van der Waals surface area contributed by atoms with Gasteiger partial charge in [0.2, 0.25) is 0 Å². The number of aryl methyl sites for hydroxylation is 1. The summed E-state index contributed by atoms with van der Waals surface area (Å²) >= 11 is 1.68. The molecule has 4 nitrogen and oxygen atoms in total. The van der Waals surface area contributed by atoms with E-state index >= 15 is 0 Å². The van der Waals surface area contributed by atoms with Crippen molar-refractivity contribution in [3.05, 3.63) is 66.5 Å². The number of aromatic nitrogens is 2. The largest absolute Gasteiger partial charge is 0.497 e. The average molecular weight is 347 g/mol. The summed E-state index contributed by atoms with van der Waals surface area (Å²) in [5.74, 6) is 2.41. The zero-order valence-electron chi connectivity index (χ0n) is 14.0. The molecule has 0 bridgehead atoms. The van der Waals surface area contributed by atoms with E-state index in [1.165, 1.54) is 10.4 Å². The first kappa shape index (κ1) is 15.6. The molecule has 1 N–H and O–H groups in total. The molecule has 0 fully saturated rings. The lowest BCUT2D eigenvalue weighted by atomic mass is 10.2. The molecular formula is C20H17N3OS. The van der Waals surface area contributed by atoms with E-state index in [4.69, 9.17) is 4.74 Å². The summed E-state index contributed by atoms with van der Waals surface area (Å²) in [7, 11) is 1.66. The van der Waals surface area contributed by atoms with Crippen LogP contribution in [-0.4, -0.2) is 17.1 Å². The Balaban J connectivity index is 1.76. The van der Waals surface area contributed by atoms with Crippen molar-refractivity contribution >= 4 is 33.1 Å². The molecule has 0 unspecified atom stereocenters. The van der Waals surface area contributed by atoms with Crippen LogP contribution in [0, 0.1) is 6.92 Å². The molecule has 25 heavy (non-hydrogen) atoms. The molecule has 0 aliphatic heterocycles. The maximum Gasteiger partial charge on any atom is 0.142 e. The number of hydrogen-bond acceptors (Lipinski definition) is 5. The van der Waals surface area contributed by atoms with Gasteiger partial charge in [0.25, 0.3) is 0 Å². The fraction of sp³-hybridized carbons (Fsp3) is 0.100. The average Bonchev–Trinajstić information content (AvgIpc) is 3.07. The number of benzene rings is 2. The van der Waals surface area contributed by atoms with Gasteiger partial charge in [-0.3, -0.25) is 0 Å². The van der Waals surface area contributed by atoms with Crippen LogP contribution >= 0.6 is 11.3 Å². The minimum absolute atomic E-state index is 0.755. The number of anilines is 2. The van der Waals surface area contributed by atoms with Crippen molar-refractivity contribution in [2.24, 2.45) is 0 Å². The molecule has 4 aromatic rings. The van der Waals surface area contributed by atoms with Crippen LogP contribution in [0.15, 0.2) is 60.7 Å². The Labute approximate surface area is 150 Å². The highest BCUT2D eigenvalue weighted by Gasteiger charge is 2.12. The molecule has 0 saturated heterocycles. The van der Waals surface area contributed by atoms with Crippen molar-refractivity contribution in [1.82, 2.24) is 9.97 Å². The Bertz CT molecular complexity index is 1010. The molecule has 0 saturated carbocycles. The summed E-state index contributed by atoms with van der Waals surface area (Å²) < 4.78 is 5.21. The second-order valence-electron chi connectivity index (χ2n) is 5.67. The van der Waals surface area contributed by atoms with Gasteiger partial charge in [0.1, 0.15) is 22.2 Å². The quantitative estimate of drug-likeness (QED) is 0.535. The summed E-state index contributed by atoms with van der Waals surface area (Å²) in [4.78, 5) is 11.4. The highest BCUT2D eigenvalue weighted by atomic mass is 32.1. The van der Waals surface area contributed by atoms with Crippen LogP contribution in [0.3, 0.4) is 0 Å². The Morgan fingerprint density at radius 1 is 0.960 bits per heavy atom. The summed E-state index contributed by atoms with van der Waals surface area (Å²) in [5, 5.41) is 4.44.